The summed E-state index contributed by atoms with van der Waals surface area (Å²) >= 11 is 11.9. The number of hydrogen-bond acceptors (Lipinski definition) is 4. The van der Waals surface area contributed by atoms with Gasteiger partial charge in [0.15, 0.2) is 0 Å². The van der Waals surface area contributed by atoms with Crippen molar-refractivity contribution in [3.63, 3.8) is 0 Å². The van der Waals surface area contributed by atoms with E-state index >= 15 is 0 Å². The van der Waals surface area contributed by atoms with Crippen LogP contribution in [0.4, 0.5) is 18.9 Å². The average Bonchev–Trinajstić information content (AvgIpc) is 2.58. The average molecular weight is 530 g/mol. The van der Waals surface area contributed by atoms with Crippen LogP contribution in [0, 0.1) is 0 Å². The Morgan fingerprint density at radius 1 is 1.22 bits per heavy atom. The highest BCUT2D eigenvalue weighted by Gasteiger charge is 2.33. The maximum atomic E-state index is 12.8. The molecule has 0 bridgehead atoms. The minimum Gasteiger partial charge on any atom is -0.506 e. The molecule has 3 N–H and O–H groups in total. The second-order valence-electron chi connectivity index (χ2n) is 5.17. The molecule has 0 aliphatic rings. The molecule has 0 radical (unpaired) electrons. The van der Waals surface area contributed by atoms with Crippen molar-refractivity contribution in [1.82, 2.24) is 5.43 Å². The van der Waals surface area contributed by atoms with Crippen LogP contribution >= 0.6 is 43.5 Å². The third-order valence-corrected chi connectivity index (χ3v) is 4.71. The number of nitrogens with one attached hydrogen (secondary N) is 2. The number of carbonyl (C=O) groups excluding carboxylic acids is 1. The summed E-state index contributed by atoms with van der Waals surface area (Å²) in [5, 5.41) is 15.5. The van der Waals surface area contributed by atoms with Crippen LogP contribution in [0.25, 0.3) is 0 Å². The zero-order valence-corrected chi connectivity index (χ0v) is 17.2. The van der Waals surface area contributed by atoms with E-state index in [9.17, 15) is 23.1 Å². The molecule has 2 aromatic rings. The first-order chi connectivity index (χ1) is 12.6. The Balaban J connectivity index is 1.93. The molecular weight excluding hydrogens is 518 g/mol. The summed E-state index contributed by atoms with van der Waals surface area (Å²) in [5.41, 5.74) is 1.93. The zero-order chi connectivity index (χ0) is 20.2. The molecule has 0 saturated carbocycles. The van der Waals surface area contributed by atoms with Crippen molar-refractivity contribution in [3.05, 3.63) is 55.4 Å². The largest absolute Gasteiger partial charge is 0.506 e. The predicted octanol–water partition coefficient (Wildman–Crippen LogP) is 5.15. The SMILES string of the molecule is O=C(CNc1ccc(Cl)c(C(F)(F)F)c1)N/N=C/c1cc(Br)c(O)c(Br)c1. The number of phenolic OH excluding ortho intramolecular Hbond substituents is 1. The lowest BCUT2D eigenvalue weighted by Crippen LogP contribution is -2.26. The number of aromatic hydroxyl groups is 1. The maximum Gasteiger partial charge on any atom is 0.417 e. The van der Waals surface area contributed by atoms with E-state index in [-0.39, 0.29) is 18.0 Å². The molecule has 0 saturated heterocycles. The number of phenols is 1. The van der Waals surface area contributed by atoms with Crippen molar-refractivity contribution in [3.8, 4) is 5.75 Å². The number of hydrazone groups is 1. The normalized spacial score (nSPS) is 11.6. The van der Waals surface area contributed by atoms with Gasteiger partial charge in [-0.2, -0.15) is 18.3 Å². The smallest absolute Gasteiger partial charge is 0.417 e. The first-order valence-electron chi connectivity index (χ1n) is 7.18. The van der Waals surface area contributed by atoms with Gasteiger partial charge in [-0.15, -0.1) is 0 Å². The maximum absolute atomic E-state index is 12.8. The number of benzene rings is 2. The molecule has 11 heteroatoms. The lowest BCUT2D eigenvalue weighted by molar-refractivity contribution is -0.137. The molecule has 27 heavy (non-hydrogen) atoms. The molecule has 5 nitrogen and oxygen atoms in total. The molecule has 2 rings (SSSR count). The summed E-state index contributed by atoms with van der Waals surface area (Å²) in [6.07, 6.45) is -3.25. The van der Waals surface area contributed by atoms with E-state index < -0.39 is 22.7 Å². The van der Waals surface area contributed by atoms with Crippen molar-refractivity contribution < 1.29 is 23.1 Å². The standard InChI is InChI=1S/C16H11Br2ClF3N3O2/c17-11-3-8(4-12(18)15(11)27)6-24-25-14(26)7-23-9-1-2-13(19)10(5-9)16(20,21)22/h1-6,23,27H,7H2,(H,25,26)/b24-6+. The molecule has 1 amide bonds. The first kappa shape index (κ1) is 21.5. The Kier molecular flexibility index (Phi) is 7.12. The number of halogens is 6. The van der Waals surface area contributed by atoms with Gasteiger partial charge in [-0.3, -0.25) is 4.79 Å². The number of anilines is 1. The van der Waals surface area contributed by atoms with Gasteiger partial charge in [0.25, 0.3) is 5.91 Å². The number of amides is 1. The number of nitrogens with zero attached hydrogens (tertiary/aromatic N) is 1. The second kappa shape index (κ2) is 8.94. The van der Waals surface area contributed by atoms with Crippen molar-refractivity contribution >= 4 is 61.3 Å². The van der Waals surface area contributed by atoms with E-state index in [1.807, 2.05) is 0 Å². The number of alkyl halides is 3. The van der Waals surface area contributed by atoms with E-state index in [0.717, 1.165) is 12.1 Å². The van der Waals surface area contributed by atoms with Crippen LogP contribution in [0.1, 0.15) is 11.1 Å². The van der Waals surface area contributed by atoms with Gasteiger partial charge in [0.1, 0.15) is 5.75 Å². The van der Waals surface area contributed by atoms with Gasteiger partial charge in [0.2, 0.25) is 0 Å². The van der Waals surface area contributed by atoms with E-state index in [1.165, 1.54) is 12.3 Å². The van der Waals surface area contributed by atoms with Gasteiger partial charge in [-0.1, -0.05) is 11.6 Å². The molecule has 0 aromatic heterocycles. The Labute approximate surface area is 173 Å². The first-order valence-corrected chi connectivity index (χ1v) is 9.15. The van der Waals surface area contributed by atoms with Crippen molar-refractivity contribution in [2.45, 2.75) is 6.18 Å². The third kappa shape index (κ3) is 6.12. The summed E-state index contributed by atoms with van der Waals surface area (Å²) in [6, 6.07) is 6.42. The van der Waals surface area contributed by atoms with Crippen molar-refractivity contribution in [1.29, 1.82) is 0 Å². The molecule has 0 aliphatic carbocycles. The van der Waals surface area contributed by atoms with E-state index in [1.54, 1.807) is 12.1 Å². The highest BCUT2D eigenvalue weighted by atomic mass is 79.9. The molecular formula is C16H11Br2ClF3N3O2. The Morgan fingerprint density at radius 2 is 1.85 bits per heavy atom. The topological polar surface area (TPSA) is 73.7 Å². The van der Waals surface area contributed by atoms with Crippen LogP contribution < -0.4 is 10.7 Å². The summed E-state index contributed by atoms with van der Waals surface area (Å²) < 4.78 is 39.3. The summed E-state index contributed by atoms with van der Waals surface area (Å²) in [4.78, 5) is 11.7. The molecule has 0 aliphatic heterocycles. The van der Waals surface area contributed by atoms with Crippen LogP contribution in [0.5, 0.6) is 5.75 Å². The van der Waals surface area contributed by atoms with Crippen LogP contribution in [0.2, 0.25) is 5.02 Å². The van der Waals surface area contributed by atoms with E-state index in [2.05, 4.69) is 47.7 Å². The summed E-state index contributed by atoms with van der Waals surface area (Å²) in [7, 11) is 0. The Hall–Kier alpha value is -1.78. The molecule has 0 unspecified atom stereocenters. The molecule has 0 atom stereocenters. The lowest BCUT2D eigenvalue weighted by atomic mass is 10.2. The molecule has 0 spiro atoms. The molecule has 0 heterocycles. The van der Waals surface area contributed by atoms with Crippen LogP contribution in [-0.4, -0.2) is 23.8 Å². The van der Waals surface area contributed by atoms with E-state index in [4.69, 9.17) is 11.6 Å². The van der Waals surface area contributed by atoms with Crippen molar-refractivity contribution in [2.24, 2.45) is 5.10 Å². The molecule has 2 aromatic carbocycles. The minimum absolute atomic E-state index is 0.0292. The summed E-state index contributed by atoms with van der Waals surface area (Å²) in [5.74, 6) is -0.534. The molecule has 0 fully saturated rings. The van der Waals surface area contributed by atoms with Crippen molar-refractivity contribution in [2.75, 3.05) is 11.9 Å². The fourth-order valence-corrected chi connectivity index (χ4v) is 3.36. The van der Waals surface area contributed by atoms with Crippen LogP contribution in [0.15, 0.2) is 44.4 Å². The number of rotatable bonds is 5. The summed E-state index contributed by atoms with van der Waals surface area (Å²) in [6.45, 7) is -0.292. The van der Waals surface area contributed by atoms with Gasteiger partial charge in [0, 0.05) is 5.69 Å². The lowest BCUT2D eigenvalue weighted by Gasteiger charge is -2.12. The highest BCUT2D eigenvalue weighted by molar-refractivity contribution is 9.11. The fourth-order valence-electron chi connectivity index (χ4n) is 1.91. The number of hydrogen-bond donors (Lipinski definition) is 3. The number of carbonyl (C=O) groups is 1. The minimum atomic E-state index is -4.59. The third-order valence-electron chi connectivity index (χ3n) is 3.17. The predicted molar refractivity (Wildman–Crippen MR) is 104 cm³/mol. The van der Waals surface area contributed by atoms with Gasteiger partial charge < -0.3 is 10.4 Å². The Bertz CT molecular complexity index is 869. The van der Waals surface area contributed by atoms with E-state index in [0.29, 0.717) is 14.5 Å². The molecule has 144 valence electrons. The Morgan fingerprint density at radius 3 is 2.44 bits per heavy atom. The van der Waals surface area contributed by atoms with Crippen LogP contribution in [0.3, 0.4) is 0 Å². The monoisotopic (exact) mass is 527 g/mol. The highest BCUT2D eigenvalue weighted by Crippen LogP contribution is 2.36. The van der Waals surface area contributed by atoms with Gasteiger partial charge in [-0.05, 0) is 67.8 Å². The van der Waals surface area contributed by atoms with Gasteiger partial charge >= 0.3 is 6.18 Å². The fraction of sp³-hybridized carbons (Fsp3) is 0.125. The van der Waals surface area contributed by atoms with Gasteiger partial charge in [-0.25, -0.2) is 5.43 Å². The second-order valence-corrected chi connectivity index (χ2v) is 7.29. The quantitative estimate of drug-likeness (QED) is 0.371. The van der Waals surface area contributed by atoms with Gasteiger partial charge in [0.05, 0.1) is 32.3 Å². The van der Waals surface area contributed by atoms with Crippen LogP contribution in [-0.2, 0) is 11.0 Å². The zero-order valence-electron chi connectivity index (χ0n) is 13.2.